The van der Waals surface area contributed by atoms with Crippen LogP contribution < -0.4 is 21.7 Å². The molecule has 0 spiro atoms. The van der Waals surface area contributed by atoms with Crippen molar-refractivity contribution in [2.24, 2.45) is 11.7 Å². The first-order valence-corrected chi connectivity index (χ1v) is 6.82. The van der Waals surface area contributed by atoms with Crippen LogP contribution in [0.1, 0.15) is 19.8 Å². The molecule has 1 aliphatic carbocycles. The van der Waals surface area contributed by atoms with E-state index in [1.165, 1.54) is 5.57 Å². The Hall–Kier alpha value is -2.01. The third-order valence-electron chi connectivity index (χ3n) is 3.09. The monoisotopic (exact) mass is 276 g/mol. The van der Waals surface area contributed by atoms with Gasteiger partial charge < -0.3 is 21.7 Å². The summed E-state index contributed by atoms with van der Waals surface area (Å²) >= 11 is 0. The van der Waals surface area contributed by atoms with Gasteiger partial charge in [-0.15, -0.1) is 0 Å². The summed E-state index contributed by atoms with van der Waals surface area (Å²) in [7, 11) is 1.86. The third-order valence-corrected chi connectivity index (χ3v) is 3.09. The van der Waals surface area contributed by atoms with Crippen LogP contribution in [0.2, 0.25) is 0 Å². The second-order valence-corrected chi connectivity index (χ2v) is 4.64. The van der Waals surface area contributed by atoms with E-state index in [4.69, 9.17) is 5.73 Å². The van der Waals surface area contributed by atoms with Crippen LogP contribution in [0.15, 0.2) is 47.6 Å². The second kappa shape index (κ2) is 8.22. The van der Waals surface area contributed by atoms with Crippen molar-refractivity contribution >= 4 is 6.41 Å². The fraction of sp³-hybridized carbons (Fsp3) is 0.400. The van der Waals surface area contributed by atoms with Crippen molar-refractivity contribution in [2.45, 2.75) is 19.8 Å². The molecule has 5 nitrogen and oxygen atoms in total. The first kappa shape index (κ1) is 16.0. The molecule has 1 aliphatic rings. The molecule has 20 heavy (non-hydrogen) atoms. The summed E-state index contributed by atoms with van der Waals surface area (Å²) in [5.74, 6) is 0.671. The molecule has 5 heteroatoms. The van der Waals surface area contributed by atoms with E-state index in [-0.39, 0.29) is 5.92 Å². The zero-order chi connectivity index (χ0) is 15.0. The Morgan fingerprint density at radius 1 is 1.55 bits per heavy atom. The van der Waals surface area contributed by atoms with E-state index < -0.39 is 0 Å². The van der Waals surface area contributed by atoms with Gasteiger partial charge in [-0.2, -0.15) is 0 Å². The predicted molar refractivity (Wildman–Crippen MR) is 82.2 cm³/mol. The van der Waals surface area contributed by atoms with E-state index in [9.17, 15) is 4.79 Å². The van der Waals surface area contributed by atoms with Gasteiger partial charge in [-0.3, -0.25) is 4.79 Å². The summed E-state index contributed by atoms with van der Waals surface area (Å²) in [4.78, 5) is 10.4. The van der Waals surface area contributed by atoms with E-state index in [0.717, 1.165) is 24.1 Å². The van der Waals surface area contributed by atoms with Gasteiger partial charge in [0.15, 0.2) is 0 Å². The SMILES string of the molecule is C=C(NC=O)NC1=C/C(=C/NC)C(CN)C=C1CCC. The fourth-order valence-corrected chi connectivity index (χ4v) is 2.19. The van der Waals surface area contributed by atoms with Crippen LogP contribution in [0.3, 0.4) is 0 Å². The van der Waals surface area contributed by atoms with Gasteiger partial charge in [-0.25, -0.2) is 0 Å². The Morgan fingerprint density at radius 2 is 2.30 bits per heavy atom. The molecule has 0 aromatic carbocycles. The maximum absolute atomic E-state index is 10.4. The van der Waals surface area contributed by atoms with Crippen molar-refractivity contribution in [1.82, 2.24) is 16.0 Å². The van der Waals surface area contributed by atoms with E-state index in [2.05, 4.69) is 41.6 Å². The molecule has 110 valence electrons. The zero-order valence-electron chi connectivity index (χ0n) is 12.2. The molecule has 0 bridgehead atoms. The van der Waals surface area contributed by atoms with Crippen LogP contribution in [0, 0.1) is 5.92 Å². The molecule has 1 amide bonds. The quantitative estimate of drug-likeness (QED) is 0.501. The van der Waals surface area contributed by atoms with Crippen molar-refractivity contribution in [2.75, 3.05) is 13.6 Å². The molecular formula is C15H24N4O. The maximum Gasteiger partial charge on any atom is 0.212 e. The Morgan fingerprint density at radius 3 is 2.85 bits per heavy atom. The van der Waals surface area contributed by atoms with Crippen molar-refractivity contribution < 1.29 is 4.79 Å². The molecule has 0 aliphatic heterocycles. The number of rotatable bonds is 8. The maximum atomic E-state index is 10.4. The summed E-state index contributed by atoms with van der Waals surface area (Å²) in [6, 6.07) is 0. The lowest BCUT2D eigenvalue weighted by Gasteiger charge is -2.25. The number of carbonyl (C=O) groups excluding carboxylic acids is 1. The van der Waals surface area contributed by atoms with Crippen LogP contribution in [-0.2, 0) is 4.79 Å². The Bertz CT molecular complexity index is 449. The van der Waals surface area contributed by atoms with Gasteiger partial charge in [0.05, 0.1) is 0 Å². The number of amides is 1. The van der Waals surface area contributed by atoms with Gasteiger partial charge in [0.1, 0.15) is 5.82 Å². The smallest absolute Gasteiger partial charge is 0.212 e. The number of hydrogen-bond donors (Lipinski definition) is 4. The van der Waals surface area contributed by atoms with E-state index in [1.807, 2.05) is 13.2 Å². The molecule has 0 saturated carbocycles. The summed E-state index contributed by atoms with van der Waals surface area (Å²) < 4.78 is 0. The van der Waals surface area contributed by atoms with Gasteiger partial charge in [-0.1, -0.05) is 26.0 Å². The highest BCUT2D eigenvalue weighted by atomic mass is 16.1. The summed E-state index contributed by atoms with van der Waals surface area (Å²) in [6.07, 6.45) is 8.78. The van der Waals surface area contributed by atoms with Crippen LogP contribution in [0.5, 0.6) is 0 Å². The first-order chi connectivity index (χ1) is 9.65. The van der Waals surface area contributed by atoms with Gasteiger partial charge in [0.2, 0.25) is 6.41 Å². The highest BCUT2D eigenvalue weighted by Gasteiger charge is 2.18. The van der Waals surface area contributed by atoms with Gasteiger partial charge in [0, 0.05) is 31.4 Å². The lowest BCUT2D eigenvalue weighted by Crippen LogP contribution is -2.28. The van der Waals surface area contributed by atoms with Gasteiger partial charge in [-0.05, 0) is 23.6 Å². The van der Waals surface area contributed by atoms with Crippen molar-refractivity contribution in [1.29, 1.82) is 0 Å². The van der Waals surface area contributed by atoms with Crippen molar-refractivity contribution in [3.63, 3.8) is 0 Å². The lowest BCUT2D eigenvalue weighted by atomic mass is 9.88. The molecule has 0 aromatic rings. The highest BCUT2D eigenvalue weighted by molar-refractivity contribution is 5.51. The van der Waals surface area contributed by atoms with E-state index in [0.29, 0.717) is 18.8 Å². The minimum atomic E-state index is 0.210. The molecule has 0 heterocycles. The van der Waals surface area contributed by atoms with Crippen molar-refractivity contribution in [3.05, 3.63) is 47.6 Å². The molecule has 0 saturated heterocycles. The Labute approximate surface area is 120 Å². The minimum absolute atomic E-state index is 0.210. The van der Waals surface area contributed by atoms with Crippen molar-refractivity contribution in [3.8, 4) is 0 Å². The molecule has 0 radical (unpaired) electrons. The number of allylic oxidation sites excluding steroid dienone is 2. The Balaban J connectivity index is 3.01. The molecular weight excluding hydrogens is 252 g/mol. The van der Waals surface area contributed by atoms with Crippen LogP contribution in [0.4, 0.5) is 0 Å². The zero-order valence-corrected chi connectivity index (χ0v) is 12.2. The number of hydrogen-bond acceptors (Lipinski definition) is 4. The second-order valence-electron chi connectivity index (χ2n) is 4.64. The number of carbonyl (C=O) groups is 1. The predicted octanol–water partition coefficient (Wildman–Crippen LogP) is 1.10. The molecule has 0 fully saturated rings. The topological polar surface area (TPSA) is 79.2 Å². The average Bonchev–Trinajstić information content (AvgIpc) is 2.42. The van der Waals surface area contributed by atoms with Gasteiger partial charge >= 0.3 is 0 Å². The normalized spacial score (nSPS) is 19.9. The first-order valence-electron chi connectivity index (χ1n) is 6.82. The Kier molecular flexibility index (Phi) is 6.59. The molecule has 5 N–H and O–H groups in total. The molecule has 0 aromatic heterocycles. The summed E-state index contributed by atoms with van der Waals surface area (Å²) in [5.41, 5.74) is 9.10. The molecule has 1 rings (SSSR count). The van der Waals surface area contributed by atoms with E-state index >= 15 is 0 Å². The number of nitrogens with two attached hydrogens (primary N) is 1. The summed E-state index contributed by atoms with van der Waals surface area (Å²) in [6.45, 7) is 6.46. The molecule has 1 unspecified atom stereocenters. The third kappa shape index (κ3) is 4.28. The highest BCUT2D eigenvalue weighted by Crippen LogP contribution is 2.28. The van der Waals surface area contributed by atoms with Gasteiger partial charge in [0.25, 0.3) is 0 Å². The van der Waals surface area contributed by atoms with Crippen LogP contribution in [0.25, 0.3) is 0 Å². The summed E-state index contributed by atoms with van der Waals surface area (Å²) in [5, 5.41) is 8.68. The van der Waals surface area contributed by atoms with Crippen LogP contribution in [-0.4, -0.2) is 20.0 Å². The molecule has 1 atom stereocenters. The number of nitrogens with one attached hydrogen (secondary N) is 3. The fourth-order valence-electron chi connectivity index (χ4n) is 2.19. The minimum Gasteiger partial charge on any atom is -0.394 e. The largest absolute Gasteiger partial charge is 0.394 e. The lowest BCUT2D eigenvalue weighted by molar-refractivity contribution is -0.109. The average molecular weight is 276 g/mol. The van der Waals surface area contributed by atoms with E-state index in [1.54, 1.807) is 0 Å². The van der Waals surface area contributed by atoms with Crippen LogP contribution >= 0.6 is 0 Å². The standard InChI is InChI=1S/C15H24N4O/c1-4-5-12-6-13(8-16)14(9-17-3)7-15(12)19-11(2)18-10-20/h6-7,9-10,13,17,19H,2,4-5,8,16H2,1,3H3,(H,18,20)/b14-9-.